The van der Waals surface area contributed by atoms with Crippen LogP contribution in [0.15, 0.2) is 6.07 Å². The highest BCUT2D eigenvalue weighted by molar-refractivity contribution is 5.29. The molecule has 1 aliphatic rings. The Morgan fingerprint density at radius 2 is 2.35 bits per heavy atom. The van der Waals surface area contributed by atoms with Gasteiger partial charge in [-0.15, -0.1) is 0 Å². The van der Waals surface area contributed by atoms with Gasteiger partial charge in [0.2, 0.25) is 11.8 Å². The second-order valence-corrected chi connectivity index (χ2v) is 4.22. The number of aromatic nitrogens is 2. The highest BCUT2D eigenvalue weighted by Crippen LogP contribution is 2.16. The first kappa shape index (κ1) is 12.1. The van der Waals surface area contributed by atoms with Crippen molar-refractivity contribution in [2.45, 2.75) is 32.3 Å². The summed E-state index contributed by atoms with van der Waals surface area (Å²) in [6.07, 6.45) is 3.66. The molecule has 0 saturated carbocycles. The van der Waals surface area contributed by atoms with Gasteiger partial charge in [0, 0.05) is 25.4 Å². The predicted octanol–water partition coefficient (Wildman–Crippen LogP) is 1.77. The van der Waals surface area contributed by atoms with Crippen molar-refractivity contribution < 1.29 is 9.47 Å². The van der Waals surface area contributed by atoms with Gasteiger partial charge in [-0.2, -0.15) is 4.98 Å². The molecule has 0 radical (unpaired) electrons. The lowest BCUT2D eigenvalue weighted by molar-refractivity contribution is -0.0119. The lowest BCUT2D eigenvalue weighted by Crippen LogP contribution is -2.26. The first-order valence-corrected chi connectivity index (χ1v) is 6.06. The molecular formula is C12H19N3O2. The molecule has 2 rings (SSSR count). The van der Waals surface area contributed by atoms with Crippen molar-refractivity contribution in [1.82, 2.24) is 9.97 Å². The largest absolute Gasteiger partial charge is 0.475 e. The molecule has 0 aromatic carbocycles. The second kappa shape index (κ2) is 5.82. The molecule has 1 saturated heterocycles. The van der Waals surface area contributed by atoms with Crippen LogP contribution in [0.3, 0.4) is 0 Å². The maximum atomic E-state index is 5.65. The number of aryl methyl sites for hydroxylation is 1. The number of anilines is 1. The van der Waals surface area contributed by atoms with Gasteiger partial charge in [-0.1, -0.05) is 0 Å². The van der Waals surface area contributed by atoms with E-state index in [2.05, 4.69) is 15.3 Å². The van der Waals surface area contributed by atoms with Crippen molar-refractivity contribution in [3.63, 3.8) is 0 Å². The van der Waals surface area contributed by atoms with E-state index in [9.17, 15) is 0 Å². The number of nitrogens with zero attached hydrogens (tertiary/aromatic N) is 2. The zero-order chi connectivity index (χ0) is 12.1. The summed E-state index contributed by atoms with van der Waals surface area (Å²) in [5.74, 6) is 1.19. The Balaban J connectivity index is 1.91. The third-order valence-corrected chi connectivity index (χ3v) is 2.75. The molecular weight excluding hydrogens is 218 g/mol. The van der Waals surface area contributed by atoms with E-state index in [4.69, 9.17) is 9.47 Å². The number of nitrogens with one attached hydrogen (secondary N) is 1. The Labute approximate surface area is 102 Å². The summed E-state index contributed by atoms with van der Waals surface area (Å²) in [6, 6.07) is 1.84. The summed E-state index contributed by atoms with van der Waals surface area (Å²) < 4.78 is 11.3. The van der Waals surface area contributed by atoms with Crippen LogP contribution in [0.2, 0.25) is 0 Å². The minimum atomic E-state index is 0.206. The van der Waals surface area contributed by atoms with Gasteiger partial charge in [0.15, 0.2) is 0 Å². The molecule has 1 aromatic heterocycles. The lowest BCUT2D eigenvalue weighted by Gasteiger charge is -2.22. The first-order valence-electron chi connectivity index (χ1n) is 6.06. The molecule has 17 heavy (non-hydrogen) atoms. The van der Waals surface area contributed by atoms with Crippen molar-refractivity contribution in [1.29, 1.82) is 0 Å². The monoisotopic (exact) mass is 237 g/mol. The quantitative estimate of drug-likeness (QED) is 0.865. The first-order chi connectivity index (χ1) is 8.28. The maximum Gasteiger partial charge on any atom is 0.225 e. The highest BCUT2D eigenvalue weighted by Gasteiger charge is 2.14. The lowest BCUT2D eigenvalue weighted by atomic mass is 10.1. The average molecular weight is 237 g/mol. The third-order valence-electron chi connectivity index (χ3n) is 2.75. The molecule has 1 N–H and O–H groups in total. The smallest absolute Gasteiger partial charge is 0.225 e. The Morgan fingerprint density at radius 3 is 3.06 bits per heavy atom. The van der Waals surface area contributed by atoms with Crippen LogP contribution in [0.4, 0.5) is 5.95 Å². The summed E-state index contributed by atoms with van der Waals surface area (Å²) >= 11 is 0. The van der Waals surface area contributed by atoms with Crippen molar-refractivity contribution in [3.05, 3.63) is 11.8 Å². The standard InChI is InChI=1S/C12H19N3O2/c1-9-7-11(15-12(13-2)14-9)17-8-10-5-3-4-6-16-10/h7,10H,3-6,8H2,1-2H3,(H,13,14,15). The normalized spacial score (nSPS) is 20.0. The Morgan fingerprint density at radius 1 is 1.47 bits per heavy atom. The second-order valence-electron chi connectivity index (χ2n) is 4.22. The van der Waals surface area contributed by atoms with Crippen LogP contribution in [0, 0.1) is 6.92 Å². The molecule has 1 aromatic rings. The maximum absolute atomic E-state index is 5.65. The van der Waals surface area contributed by atoms with Crippen molar-refractivity contribution in [2.24, 2.45) is 0 Å². The number of hydrogen-bond acceptors (Lipinski definition) is 5. The number of hydrogen-bond donors (Lipinski definition) is 1. The highest BCUT2D eigenvalue weighted by atomic mass is 16.5. The topological polar surface area (TPSA) is 56.3 Å². The average Bonchev–Trinajstić information content (AvgIpc) is 2.37. The van der Waals surface area contributed by atoms with Crippen LogP contribution in [0.5, 0.6) is 5.88 Å². The van der Waals surface area contributed by atoms with E-state index < -0.39 is 0 Å². The van der Waals surface area contributed by atoms with Crippen LogP contribution < -0.4 is 10.1 Å². The summed E-state index contributed by atoms with van der Waals surface area (Å²) in [5, 5.41) is 2.91. The van der Waals surface area contributed by atoms with Crippen LogP contribution in [0.1, 0.15) is 25.0 Å². The molecule has 5 heteroatoms. The molecule has 1 aliphatic heterocycles. The molecule has 94 valence electrons. The van der Waals surface area contributed by atoms with E-state index in [0.29, 0.717) is 18.4 Å². The fraction of sp³-hybridized carbons (Fsp3) is 0.667. The van der Waals surface area contributed by atoms with Crippen LogP contribution in [0.25, 0.3) is 0 Å². The minimum absolute atomic E-state index is 0.206. The van der Waals surface area contributed by atoms with Gasteiger partial charge in [-0.05, 0) is 26.2 Å². The molecule has 1 fully saturated rings. The number of ether oxygens (including phenoxy) is 2. The molecule has 0 spiro atoms. The van der Waals surface area contributed by atoms with Gasteiger partial charge < -0.3 is 14.8 Å². The van der Waals surface area contributed by atoms with Gasteiger partial charge in [-0.3, -0.25) is 0 Å². The van der Waals surface area contributed by atoms with Crippen LogP contribution in [-0.2, 0) is 4.74 Å². The molecule has 0 aliphatic carbocycles. The SMILES string of the molecule is CNc1nc(C)cc(OCC2CCCCO2)n1. The molecule has 1 atom stereocenters. The van der Waals surface area contributed by atoms with E-state index in [1.54, 1.807) is 7.05 Å². The van der Waals surface area contributed by atoms with Gasteiger partial charge in [0.05, 0.1) is 6.10 Å². The van der Waals surface area contributed by atoms with Crippen molar-refractivity contribution >= 4 is 5.95 Å². The Hall–Kier alpha value is -1.36. The molecule has 0 amide bonds. The number of rotatable bonds is 4. The summed E-state index contributed by atoms with van der Waals surface area (Å²) in [5.41, 5.74) is 0.893. The Bertz CT molecular complexity index is 365. The zero-order valence-electron chi connectivity index (χ0n) is 10.4. The molecule has 0 bridgehead atoms. The van der Waals surface area contributed by atoms with Gasteiger partial charge in [0.1, 0.15) is 6.61 Å². The van der Waals surface area contributed by atoms with E-state index in [-0.39, 0.29) is 6.10 Å². The van der Waals surface area contributed by atoms with Crippen molar-refractivity contribution in [2.75, 3.05) is 25.6 Å². The summed E-state index contributed by atoms with van der Waals surface area (Å²) in [6.45, 7) is 3.34. The van der Waals surface area contributed by atoms with E-state index in [1.807, 2.05) is 13.0 Å². The van der Waals surface area contributed by atoms with E-state index >= 15 is 0 Å². The van der Waals surface area contributed by atoms with Gasteiger partial charge in [0.25, 0.3) is 0 Å². The molecule has 2 heterocycles. The Kier molecular flexibility index (Phi) is 4.14. The molecule has 5 nitrogen and oxygen atoms in total. The summed E-state index contributed by atoms with van der Waals surface area (Å²) in [4.78, 5) is 8.45. The van der Waals surface area contributed by atoms with Crippen LogP contribution in [-0.4, -0.2) is 36.3 Å². The van der Waals surface area contributed by atoms with Crippen molar-refractivity contribution in [3.8, 4) is 5.88 Å². The van der Waals surface area contributed by atoms with Gasteiger partial charge >= 0.3 is 0 Å². The fourth-order valence-electron chi connectivity index (χ4n) is 1.84. The summed E-state index contributed by atoms with van der Waals surface area (Å²) in [7, 11) is 1.79. The minimum Gasteiger partial charge on any atom is -0.475 e. The predicted molar refractivity (Wildman–Crippen MR) is 65.4 cm³/mol. The van der Waals surface area contributed by atoms with Gasteiger partial charge in [-0.25, -0.2) is 4.98 Å². The molecule has 1 unspecified atom stereocenters. The fourth-order valence-corrected chi connectivity index (χ4v) is 1.84. The van der Waals surface area contributed by atoms with E-state index in [0.717, 1.165) is 25.1 Å². The van der Waals surface area contributed by atoms with Crippen LogP contribution >= 0.6 is 0 Å². The third kappa shape index (κ3) is 3.56. The zero-order valence-corrected chi connectivity index (χ0v) is 10.4. The van der Waals surface area contributed by atoms with E-state index in [1.165, 1.54) is 6.42 Å².